The van der Waals surface area contributed by atoms with E-state index < -0.39 is 6.04 Å². The zero-order valence-electron chi connectivity index (χ0n) is 18.6. The first-order valence-corrected chi connectivity index (χ1v) is 10.6. The van der Waals surface area contributed by atoms with E-state index in [2.05, 4.69) is 15.7 Å². The van der Waals surface area contributed by atoms with Crippen molar-refractivity contribution < 1.29 is 9.59 Å². The van der Waals surface area contributed by atoms with Crippen LogP contribution in [0, 0.1) is 6.92 Å². The average Bonchev–Trinajstić information content (AvgIpc) is 2.80. The van der Waals surface area contributed by atoms with Crippen molar-refractivity contribution in [1.82, 2.24) is 9.78 Å². The minimum absolute atomic E-state index is 0.174. The highest BCUT2D eigenvalue weighted by atomic mass is 16.2. The first-order chi connectivity index (χ1) is 15.8. The SMILES string of the molecule is CC(=O)Nc1cc(-c2ccc(=O)n(C(C)C(=O)Nc3cccc4ccccc34)n2)ccc1C. The van der Waals surface area contributed by atoms with Crippen LogP contribution in [0.1, 0.15) is 25.5 Å². The molecule has 1 heterocycles. The number of carbonyl (C=O) groups excluding carboxylic acids is 2. The monoisotopic (exact) mass is 440 g/mol. The lowest BCUT2D eigenvalue weighted by Crippen LogP contribution is -2.33. The maximum Gasteiger partial charge on any atom is 0.267 e. The lowest BCUT2D eigenvalue weighted by atomic mass is 10.1. The molecule has 2 amide bonds. The molecule has 7 heteroatoms. The molecule has 3 aromatic carbocycles. The van der Waals surface area contributed by atoms with Crippen molar-refractivity contribution in [2.75, 3.05) is 10.6 Å². The van der Waals surface area contributed by atoms with Crippen molar-refractivity contribution in [3.05, 3.63) is 88.7 Å². The van der Waals surface area contributed by atoms with Crippen molar-refractivity contribution in [2.24, 2.45) is 0 Å². The van der Waals surface area contributed by atoms with Gasteiger partial charge in [0.2, 0.25) is 11.8 Å². The molecule has 0 aliphatic heterocycles. The van der Waals surface area contributed by atoms with E-state index in [9.17, 15) is 14.4 Å². The Morgan fingerprint density at radius 3 is 2.45 bits per heavy atom. The standard InChI is InChI=1S/C26H24N4O3/c1-16-11-12-20(15-24(16)27-18(3)31)22-13-14-25(32)30(29-22)17(2)26(33)28-23-10-6-8-19-7-4-5-9-21(19)23/h4-15,17H,1-3H3,(H,27,31)(H,28,33). The maximum atomic E-state index is 13.0. The van der Waals surface area contributed by atoms with Gasteiger partial charge in [0, 0.05) is 35.3 Å². The molecule has 166 valence electrons. The van der Waals surface area contributed by atoms with Crippen molar-refractivity contribution in [2.45, 2.75) is 26.8 Å². The van der Waals surface area contributed by atoms with Crippen molar-refractivity contribution in [3.8, 4) is 11.3 Å². The van der Waals surface area contributed by atoms with Gasteiger partial charge in [0.15, 0.2) is 0 Å². The number of rotatable bonds is 5. The summed E-state index contributed by atoms with van der Waals surface area (Å²) in [6.07, 6.45) is 0. The number of hydrogen-bond acceptors (Lipinski definition) is 4. The highest BCUT2D eigenvalue weighted by molar-refractivity contribution is 6.03. The second-order valence-corrected chi connectivity index (χ2v) is 7.90. The summed E-state index contributed by atoms with van der Waals surface area (Å²) in [4.78, 5) is 37.1. The Morgan fingerprint density at radius 2 is 1.67 bits per heavy atom. The Hall–Kier alpha value is -4.26. The van der Waals surface area contributed by atoms with Gasteiger partial charge < -0.3 is 10.6 Å². The van der Waals surface area contributed by atoms with E-state index in [1.54, 1.807) is 19.1 Å². The van der Waals surface area contributed by atoms with Gasteiger partial charge in [0.1, 0.15) is 6.04 Å². The third kappa shape index (κ3) is 4.67. The lowest BCUT2D eigenvalue weighted by molar-refractivity contribution is -0.119. The van der Waals surface area contributed by atoms with E-state index in [0.717, 1.165) is 21.9 Å². The van der Waals surface area contributed by atoms with Crippen molar-refractivity contribution >= 4 is 34.0 Å². The summed E-state index contributed by atoms with van der Waals surface area (Å²) in [5, 5.41) is 12.1. The number of anilines is 2. The number of carbonyl (C=O) groups is 2. The van der Waals surface area contributed by atoms with Crippen molar-refractivity contribution in [3.63, 3.8) is 0 Å². The first kappa shape index (κ1) is 22.0. The molecule has 4 aromatic rings. The zero-order valence-corrected chi connectivity index (χ0v) is 18.6. The number of hydrogen-bond donors (Lipinski definition) is 2. The Morgan fingerprint density at radius 1 is 0.909 bits per heavy atom. The van der Waals surface area contributed by atoms with Gasteiger partial charge in [-0.05, 0) is 43.0 Å². The van der Waals surface area contributed by atoms with E-state index in [1.807, 2.05) is 61.5 Å². The highest BCUT2D eigenvalue weighted by Crippen LogP contribution is 2.25. The van der Waals surface area contributed by atoms with Crippen LogP contribution >= 0.6 is 0 Å². The molecule has 1 atom stereocenters. The summed E-state index contributed by atoms with van der Waals surface area (Å²) in [7, 11) is 0. The van der Waals surface area contributed by atoms with Crippen LogP contribution in [0.25, 0.3) is 22.0 Å². The molecule has 0 saturated heterocycles. The smallest absolute Gasteiger partial charge is 0.267 e. The molecule has 0 aliphatic carbocycles. The lowest BCUT2D eigenvalue weighted by Gasteiger charge is -2.16. The molecule has 4 rings (SSSR count). The third-order valence-corrected chi connectivity index (χ3v) is 5.46. The second-order valence-electron chi connectivity index (χ2n) is 7.90. The summed E-state index contributed by atoms with van der Waals surface area (Å²) >= 11 is 0. The van der Waals surface area contributed by atoms with Gasteiger partial charge in [0.05, 0.1) is 5.69 Å². The molecule has 1 unspecified atom stereocenters. The summed E-state index contributed by atoms with van der Waals surface area (Å²) in [5.41, 5.74) is 3.11. The quantitative estimate of drug-likeness (QED) is 0.477. The van der Waals surface area contributed by atoms with Gasteiger partial charge in [-0.15, -0.1) is 0 Å². The molecule has 33 heavy (non-hydrogen) atoms. The molecule has 0 fully saturated rings. The zero-order chi connectivity index (χ0) is 23.5. The van der Waals surface area contributed by atoms with Gasteiger partial charge in [-0.3, -0.25) is 14.4 Å². The number of benzene rings is 3. The van der Waals surface area contributed by atoms with Gasteiger partial charge in [-0.1, -0.05) is 48.5 Å². The van der Waals surface area contributed by atoms with Crippen LogP contribution in [-0.2, 0) is 9.59 Å². The topological polar surface area (TPSA) is 93.1 Å². The van der Waals surface area contributed by atoms with E-state index in [-0.39, 0.29) is 17.4 Å². The summed E-state index contributed by atoms with van der Waals surface area (Å²) in [5.74, 6) is -0.521. The van der Waals surface area contributed by atoms with Crippen LogP contribution < -0.4 is 16.2 Å². The Bertz CT molecular complexity index is 1420. The van der Waals surface area contributed by atoms with Crippen LogP contribution in [0.3, 0.4) is 0 Å². The molecular weight excluding hydrogens is 416 g/mol. The summed E-state index contributed by atoms with van der Waals surface area (Å²) in [6.45, 7) is 4.97. The maximum absolute atomic E-state index is 13.0. The van der Waals surface area contributed by atoms with Crippen LogP contribution in [0.4, 0.5) is 11.4 Å². The fourth-order valence-electron chi connectivity index (χ4n) is 3.64. The predicted octanol–water partition coefficient (Wildman–Crippen LogP) is 4.53. The average molecular weight is 441 g/mol. The van der Waals surface area contributed by atoms with E-state index in [1.165, 1.54) is 17.7 Å². The van der Waals surface area contributed by atoms with E-state index in [0.29, 0.717) is 17.1 Å². The molecule has 0 aliphatic rings. The van der Waals surface area contributed by atoms with Crippen molar-refractivity contribution in [1.29, 1.82) is 0 Å². The van der Waals surface area contributed by atoms with Crippen LogP contribution in [0.15, 0.2) is 77.6 Å². The second kappa shape index (κ2) is 9.08. The molecule has 0 radical (unpaired) electrons. The Balaban J connectivity index is 1.64. The number of nitrogens with zero attached hydrogens (tertiary/aromatic N) is 2. The summed E-state index contributed by atoms with van der Waals surface area (Å²) in [6, 6.07) is 21.1. The number of fused-ring (bicyclic) bond motifs is 1. The fraction of sp³-hybridized carbons (Fsp3) is 0.154. The molecule has 7 nitrogen and oxygen atoms in total. The fourth-order valence-corrected chi connectivity index (χ4v) is 3.64. The normalized spacial score (nSPS) is 11.7. The molecule has 0 spiro atoms. The number of nitrogens with one attached hydrogen (secondary N) is 2. The minimum Gasteiger partial charge on any atom is -0.326 e. The van der Waals surface area contributed by atoms with Gasteiger partial charge in [0.25, 0.3) is 5.56 Å². The van der Waals surface area contributed by atoms with Gasteiger partial charge in [-0.2, -0.15) is 5.10 Å². The van der Waals surface area contributed by atoms with Crippen LogP contribution in [-0.4, -0.2) is 21.6 Å². The number of aromatic nitrogens is 2. The number of aryl methyl sites for hydroxylation is 1. The van der Waals surface area contributed by atoms with Gasteiger partial charge in [-0.25, -0.2) is 4.68 Å². The van der Waals surface area contributed by atoms with Crippen LogP contribution in [0.5, 0.6) is 0 Å². The van der Waals surface area contributed by atoms with E-state index >= 15 is 0 Å². The van der Waals surface area contributed by atoms with E-state index in [4.69, 9.17) is 0 Å². The molecule has 0 bridgehead atoms. The van der Waals surface area contributed by atoms with Crippen LogP contribution in [0.2, 0.25) is 0 Å². The van der Waals surface area contributed by atoms with Gasteiger partial charge >= 0.3 is 0 Å². The highest BCUT2D eigenvalue weighted by Gasteiger charge is 2.19. The summed E-state index contributed by atoms with van der Waals surface area (Å²) < 4.78 is 1.17. The minimum atomic E-state index is -0.836. The molecule has 0 saturated carbocycles. The largest absolute Gasteiger partial charge is 0.326 e. The Kier molecular flexibility index (Phi) is 6.04. The molecular formula is C26H24N4O3. The Labute approximate surface area is 191 Å². The molecule has 1 aromatic heterocycles. The molecule has 2 N–H and O–H groups in total. The third-order valence-electron chi connectivity index (χ3n) is 5.46. The predicted molar refractivity (Wildman–Crippen MR) is 130 cm³/mol. The first-order valence-electron chi connectivity index (χ1n) is 10.6. The number of amides is 2.